The van der Waals surface area contributed by atoms with Gasteiger partial charge in [-0.15, -0.1) is 6.42 Å². The standard InChI is InChI=1S/C13H17N3O3/c1-5-9(7(2)3)15-13(19)16-10-6-8(4)14-11(10)12(17)18/h1,6-7,9,14H,2-4H3,(H,17,18)(H2,15,16,19). The van der Waals surface area contributed by atoms with E-state index in [0.29, 0.717) is 5.69 Å². The van der Waals surface area contributed by atoms with Crippen LogP contribution in [0.5, 0.6) is 0 Å². The highest BCUT2D eigenvalue weighted by atomic mass is 16.4. The lowest BCUT2D eigenvalue weighted by Gasteiger charge is -2.16. The smallest absolute Gasteiger partial charge is 0.354 e. The van der Waals surface area contributed by atoms with Crippen molar-refractivity contribution in [3.63, 3.8) is 0 Å². The summed E-state index contributed by atoms with van der Waals surface area (Å²) in [4.78, 5) is 25.4. The van der Waals surface area contributed by atoms with Crippen LogP contribution in [0.4, 0.5) is 10.5 Å². The number of aromatic amines is 1. The quantitative estimate of drug-likeness (QED) is 0.624. The van der Waals surface area contributed by atoms with E-state index in [1.54, 1.807) is 13.0 Å². The first-order valence-electron chi connectivity index (χ1n) is 5.81. The van der Waals surface area contributed by atoms with Gasteiger partial charge in [-0.25, -0.2) is 9.59 Å². The second-order valence-corrected chi connectivity index (χ2v) is 4.53. The molecule has 0 saturated carbocycles. The van der Waals surface area contributed by atoms with Crippen LogP contribution >= 0.6 is 0 Å². The largest absolute Gasteiger partial charge is 0.477 e. The number of aromatic nitrogens is 1. The number of amides is 2. The van der Waals surface area contributed by atoms with Crippen LogP contribution in [0, 0.1) is 25.2 Å². The number of rotatable bonds is 4. The Morgan fingerprint density at radius 2 is 2.11 bits per heavy atom. The Balaban J connectivity index is 2.78. The highest BCUT2D eigenvalue weighted by Crippen LogP contribution is 2.16. The number of carboxylic acid groups (broad SMARTS) is 1. The molecule has 1 aromatic heterocycles. The van der Waals surface area contributed by atoms with Crippen LogP contribution in [0.25, 0.3) is 0 Å². The van der Waals surface area contributed by atoms with Gasteiger partial charge < -0.3 is 20.7 Å². The molecule has 0 bridgehead atoms. The summed E-state index contributed by atoms with van der Waals surface area (Å²) in [6.07, 6.45) is 5.30. The van der Waals surface area contributed by atoms with E-state index >= 15 is 0 Å². The molecule has 0 aliphatic heterocycles. The van der Waals surface area contributed by atoms with Gasteiger partial charge in [0.05, 0.1) is 11.7 Å². The van der Waals surface area contributed by atoms with Gasteiger partial charge in [-0.05, 0) is 18.9 Å². The molecule has 6 heteroatoms. The summed E-state index contributed by atoms with van der Waals surface area (Å²) in [6.45, 7) is 5.47. The number of hydrogen-bond acceptors (Lipinski definition) is 2. The van der Waals surface area contributed by atoms with E-state index < -0.39 is 18.0 Å². The first-order valence-corrected chi connectivity index (χ1v) is 5.81. The van der Waals surface area contributed by atoms with E-state index in [2.05, 4.69) is 21.5 Å². The molecular formula is C13H17N3O3. The fraction of sp³-hybridized carbons (Fsp3) is 0.385. The van der Waals surface area contributed by atoms with Crippen LogP contribution in [0.15, 0.2) is 6.07 Å². The molecule has 1 heterocycles. The number of terminal acetylenes is 1. The van der Waals surface area contributed by atoms with E-state index in [9.17, 15) is 9.59 Å². The minimum absolute atomic E-state index is 0.0607. The van der Waals surface area contributed by atoms with Gasteiger partial charge in [0.2, 0.25) is 0 Å². The second-order valence-electron chi connectivity index (χ2n) is 4.53. The molecule has 0 aliphatic carbocycles. The Kier molecular flexibility index (Phi) is 4.59. The number of anilines is 1. The van der Waals surface area contributed by atoms with E-state index in [0.717, 1.165) is 0 Å². The third-order valence-corrected chi connectivity index (χ3v) is 2.55. The molecule has 1 unspecified atom stereocenters. The Bertz CT molecular complexity index is 526. The fourth-order valence-corrected chi connectivity index (χ4v) is 1.56. The molecule has 19 heavy (non-hydrogen) atoms. The Morgan fingerprint density at radius 3 is 2.58 bits per heavy atom. The molecule has 1 rings (SSSR count). The first kappa shape index (κ1) is 14.6. The Labute approximate surface area is 111 Å². The van der Waals surface area contributed by atoms with Gasteiger partial charge in [0, 0.05) is 5.69 Å². The van der Waals surface area contributed by atoms with Crippen molar-refractivity contribution in [1.29, 1.82) is 0 Å². The highest BCUT2D eigenvalue weighted by molar-refractivity contribution is 5.99. The highest BCUT2D eigenvalue weighted by Gasteiger charge is 2.17. The van der Waals surface area contributed by atoms with Crippen molar-refractivity contribution in [2.24, 2.45) is 5.92 Å². The lowest BCUT2D eigenvalue weighted by atomic mass is 10.1. The van der Waals surface area contributed by atoms with Gasteiger partial charge in [0.1, 0.15) is 5.69 Å². The summed E-state index contributed by atoms with van der Waals surface area (Å²) in [7, 11) is 0. The van der Waals surface area contributed by atoms with Crippen LogP contribution in [0.2, 0.25) is 0 Å². The van der Waals surface area contributed by atoms with Gasteiger partial charge >= 0.3 is 12.0 Å². The maximum absolute atomic E-state index is 11.7. The number of aromatic carboxylic acids is 1. The van der Waals surface area contributed by atoms with E-state index in [-0.39, 0.29) is 17.3 Å². The monoisotopic (exact) mass is 263 g/mol. The SMILES string of the molecule is C#CC(NC(=O)Nc1cc(C)[nH]c1C(=O)O)C(C)C. The van der Waals surface area contributed by atoms with Gasteiger partial charge in [-0.2, -0.15) is 0 Å². The molecule has 0 spiro atoms. The Hall–Kier alpha value is -2.42. The molecule has 4 N–H and O–H groups in total. The number of H-pyrrole nitrogens is 1. The maximum Gasteiger partial charge on any atom is 0.354 e. The third-order valence-electron chi connectivity index (χ3n) is 2.55. The molecule has 0 aliphatic rings. The average Bonchev–Trinajstić information content (AvgIpc) is 2.66. The minimum atomic E-state index is -1.14. The zero-order valence-corrected chi connectivity index (χ0v) is 11.1. The lowest BCUT2D eigenvalue weighted by Crippen LogP contribution is -2.40. The molecular weight excluding hydrogens is 246 g/mol. The topological polar surface area (TPSA) is 94.2 Å². The van der Waals surface area contributed by atoms with Crippen molar-refractivity contribution in [2.45, 2.75) is 26.8 Å². The van der Waals surface area contributed by atoms with Crippen LogP contribution < -0.4 is 10.6 Å². The maximum atomic E-state index is 11.7. The summed E-state index contributed by atoms with van der Waals surface area (Å²) in [5.41, 5.74) is 0.793. The number of nitrogens with one attached hydrogen (secondary N) is 3. The summed E-state index contributed by atoms with van der Waals surface area (Å²) in [5, 5.41) is 14.0. The summed E-state index contributed by atoms with van der Waals surface area (Å²) < 4.78 is 0. The number of aryl methyl sites for hydroxylation is 1. The predicted molar refractivity (Wildman–Crippen MR) is 72.1 cm³/mol. The van der Waals surface area contributed by atoms with Crippen LogP contribution in [0.1, 0.15) is 30.0 Å². The summed E-state index contributed by atoms with van der Waals surface area (Å²) >= 11 is 0. The Morgan fingerprint density at radius 1 is 1.47 bits per heavy atom. The average molecular weight is 263 g/mol. The van der Waals surface area contributed by atoms with Crippen molar-refractivity contribution in [1.82, 2.24) is 10.3 Å². The molecule has 1 atom stereocenters. The zero-order valence-electron chi connectivity index (χ0n) is 11.1. The van der Waals surface area contributed by atoms with Gasteiger partial charge in [0.25, 0.3) is 0 Å². The van der Waals surface area contributed by atoms with Crippen molar-refractivity contribution in [2.75, 3.05) is 5.32 Å². The van der Waals surface area contributed by atoms with Crippen LogP contribution in [-0.2, 0) is 0 Å². The molecule has 0 aromatic carbocycles. The molecule has 0 saturated heterocycles. The van der Waals surface area contributed by atoms with E-state index in [4.69, 9.17) is 11.5 Å². The van der Waals surface area contributed by atoms with Crippen LogP contribution in [0.3, 0.4) is 0 Å². The van der Waals surface area contributed by atoms with Crippen LogP contribution in [-0.4, -0.2) is 28.1 Å². The van der Waals surface area contributed by atoms with Crippen molar-refractivity contribution >= 4 is 17.7 Å². The molecule has 1 aromatic rings. The molecule has 2 amide bonds. The minimum Gasteiger partial charge on any atom is -0.477 e. The van der Waals surface area contributed by atoms with Gasteiger partial charge in [0.15, 0.2) is 0 Å². The molecule has 6 nitrogen and oxygen atoms in total. The zero-order chi connectivity index (χ0) is 14.6. The molecule has 0 fully saturated rings. The van der Waals surface area contributed by atoms with Crippen molar-refractivity contribution in [3.05, 3.63) is 17.5 Å². The number of carbonyl (C=O) groups is 2. The predicted octanol–water partition coefficient (Wildman–Crippen LogP) is 1.80. The third kappa shape index (κ3) is 3.78. The summed E-state index contributed by atoms with van der Waals surface area (Å²) in [6, 6.07) is 0.606. The van der Waals surface area contributed by atoms with E-state index in [1.165, 1.54) is 0 Å². The number of carboxylic acids is 1. The van der Waals surface area contributed by atoms with Crippen molar-refractivity contribution in [3.8, 4) is 12.3 Å². The first-order chi connectivity index (χ1) is 8.85. The lowest BCUT2D eigenvalue weighted by molar-refractivity contribution is 0.0692. The van der Waals surface area contributed by atoms with E-state index in [1.807, 2.05) is 13.8 Å². The van der Waals surface area contributed by atoms with Gasteiger partial charge in [-0.3, -0.25) is 0 Å². The van der Waals surface area contributed by atoms with Gasteiger partial charge in [-0.1, -0.05) is 19.8 Å². The normalized spacial score (nSPS) is 11.7. The number of carbonyl (C=O) groups excluding carboxylic acids is 1. The second kappa shape index (κ2) is 5.96. The number of hydrogen-bond donors (Lipinski definition) is 4. The molecule has 0 radical (unpaired) electrons. The molecule has 102 valence electrons. The number of urea groups is 1. The summed E-state index contributed by atoms with van der Waals surface area (Å²) in [5.74, 6) is 1.41. The van der Waals surface area contributed by atoms with Crippen molar-refractivity contribution < 1.29 is 14.7 Å². The fourth-order valence-electron chi connectivity index (χ4n) is 1.56.